The van der Waals surface area contributed by atoms with E-state index in [2.05, 4.69) is 11.2 Å². The summed E-state index contributed by atoms with van der Waals surface area (Å²) in [5, 5.41) is 13.0. The van der Waals surface area contributed by atoms with Gasteiger partial charge in [-0.3, -0.25) is 4.68 Å². The summed E-state index contributed by atoms with van der Waals surface area (Å²) in [6, 6.07) is 11.6. The molecule has 1 heterocycles. The number of aromatic nitrogens is 2. The molecule has 0 saturated carbocycles. The van der Waals surface area contributed by atoms with Gasteiger partial charge in [0.2, 0.25) is 0 Å². The highest BCUT2D eigenvalue weighted by Crippen LogP contribution is 2.21. The maximum Gasteiger partial charge on any atom is 0.0998 e. The highest BCUT2D eigenvalue weighted by Gasteiger charge is 2.06. The highest BCUT2D eigenvalue weighted by atomic mass is 15.3. The van der Waals surface area contributed by atoms with Gasteiger partial charge in [-0.2, -0.15) is 10.4 Å². The third-order valence-corrected chi connectivity index (χ3v) is 2.14. The zero-order valence-corrected chi connectivity index (χ0v) is 7.81. The quantitative estimate of drug-likeness (QED) is 0.678. The Morgan fingerprint density at radius 1 is 1.29 bits per heavy atom. The van der Waals surface area contributed by atoms with Gasteiger partial charge in [0.1, 0.15) is 0 Å². The van der Waals surface area contributed by atoms with Crippen molar-refractivity contribution in [3.8, 4) is 17.3 Å². The van der Waals surface area contributed by atoms with Crippen molar-refractivity contribution in [1.29, 1.82) is 5.26 Å². The number of nitrogens with zero attached hydrogens (tertiary/aromatic N) is 3. The normalized spacial score (nSPS) is 9.71. The number of aryl methyl sites for hydroxylation is 1. The van der Waals surface area contributed by atoms with Crippen molar-refractivity contribution in [3.63, 3.8) is 0 Å². The Bertz CT molecular complexity index is 491. The number of hydrogen-bond acceptors (Lipinski definition) is 2. The van der Waals surface area contributed by atoms with Gasteiger partial charge in [-0.1, -0.05) is 18.2 Å². The lowest BCUT2D eigenvalue weighted by Crippen LogP contribution is -1.94. The van der Waals surface area contributed by atoms with Crippen LogP contribution in [0, 0.1) is 11.3 Å². The molecule has 2 rings (SSSR count). The fourth-order valence-electron chi connectivity index (χ4n) is 1.44. The molecule has 0 atom stereocenters. The first-order valence-corrected chi connectivity index (χ1v) is 4.30. The Morgan fingerprint density at radius 3 is 2.71 bits per heavy atom. The van der Waals surface area contributed by atoms with Crippen molar-refractivity contribution in [1.82, 2.24) is 9.78 Å². The van der Waals surface area contributed by atoms with Crippen LogP contribution in [-0.4, -0.2) is 9.78 Å². The topological polar surface area (TPSA) is 41.6 Å². The van der Waals surface area contributed by atoms with Gasteiger partial charge in [0.05, 0.1) is 17.3 Å². The van der Waals surface area contributed by atoms with Gasteiger partial charge in [-0.15, -0.1) is 0 Å². The van der Waals surface area contributed by atoms with E-state index < -0.39 is 0 Å². The van der Waals surface area contributed by atoms with Crippen LogP contribution in [0.4, 0.5) is 0 Å². The van der Waals surface area contributed by atoms with Crippen LogP contribution in [0.3, 0.4) is 0 Å². The van der Waals surface area contributed by atoms with Crippen LogP contribution >= 0.6 is 0 Å². The molecule has 3 heteroatoms. The van der Waals surface area contributed by atoms with Gasteiger partial charge in [0, 0.05) is 18.8 Å². The fraction of sp³-hybridized carbons (Fsp3) is 0.0909. The molecular weight excluding hydrogens is 174 g/mol. The Morgan fingerprint density at radius 2 is 2.07 bits per heavy atom. The van der Waals surface area contributed by atoms with E-state index in [-0.39, 0.29) is 0 Å². The average molecular weight is 183 g/mol. The first-order valence-electron chi connectivity index (χ1n) is 4.30. The summed E-state index contributed by atoms with van der Waals surface area (Å²) in [5.74, 6) is 0. The minimum Gasteiger partial charge on any atom is -0.268 e. The van der Waals surface area contributed by atoms with Crippen molar-refractivity contribution in [2.45, 2.75) is 0 Å². The van der Waals surface area contributed by atoms with Crippen LogP contribution in [0.15, 0.2) is 36.5 Å². The number of rotatable bonds is 1. The van der Waals surface area contributed by atoms with Crippen LogP contribution in [0.5, 0.6) is 0 Å². The van der Waals surface area contributed by atoms with Gasteiger partial charge in [-0.05, 0) is 12.1 Å². The van der Waals surface area contributed by atoms with E-state index in [1.807, 2.05) is 37.4 Å². The van der Waals surface area contributed by atoms with Gasteiger partial charge in [-0.25, -0.2) is 0 Å². The molecule has 0 amide bonds. The third-order valence-electron chi connectivity index (χ3n) is 2.14. The van der Waals surface area contributed by atoms with Crippen LogP contribution in [0.2, 0.25) is 0 Å². The molecule has 1 aromatic carbocycles. The summed E-state index contributed by atoms with van der Waals surface area (Å²) < 4.78 is 1.76. The zero-order valence-electron chi connectivity index (χ0n) is 7.81. The van der Waals surface area contributed by atoms with Crippen molar-refractivity contribution >= 4 is 0 Å². The second-order valence-electron chi connectivity index (χ2n) is 3.00. The van der Waals surface area contributed by atoms with E-state index in [0.29, 0.717) is 5.56 Å². The Balaban J connectivity index is 2.64. The predicted octanol–water partition coefficient (Wildman–Crippen LogP) is 1.96. The molecule has 0 bridgehead atoms. The number of nitriles is 1. The first kappa shape index (κ1) is 8.52. The molecule has 0 N–H and O–H groups in total. The minimum absolute atomic E-state index is 0.677. The summed E-state index contributed by atoms with van der Waals surface area (Å²) >= 11 is 0. The Kier molecular flexibility index (Phi) is 2.04. The molecule has 0 saturated heterocycles. The minimum atomic E-state index is 0.677. The molecule has 0 aliphatic rings. The summed E-state index contributed by atoms with van der Waals surface area (Å²) in [4.78, 5) is 0. The predicted molar refractivity (Wildman–Crippen MR) is 53.4 cm³/mol. The van der Waals surface area contributed by atoms with Crippen molar-refractivity contribution in [2.24, 2.45) is 7.05 Å². The monoisotopic (exact) mass is 183 g/mol. The van der Waals surface area contributed by atoms with Crippen molar-refractivity contribution in [3.05, 3.63) is 42.1 Å². The third kappa shape index (κ3) is 1.27. The Labute approximate surface area is 82.2 Å². The first-order chi connectivity index (χ1) is 6.83. The molecule has 0 spiro atoms. The summed E-state index contributed by atoms with van der Waals surface area (Å²) in [7, 11) is 1.86. The van der Waals surface area contributed by atoms with E-state index in [0.717, 1.165) is 11.3 Å². The van der Waals surface area contributed by atoms with Crippen LogP contribution < -0.4 is 0 Å². The maximum atomic E-state index is 8.93. The molecular formula is C11H9N3. The van der Waals surface area contributed by atoms with Crippen LogP contribution in [0.25, 0.3) is 11.3 Å². The van der Waals surface area contributed by atoms with Crippen LogP contribution in [-0.2, 0) is 7.05 Å². The lowest BCUT2D eigenvalue weighted by molar-refractivity contribution is 0.775. The largest absolute Gasteiger partial charge is 0.268 e. The second kappa shape index (κ2) is 3.35. The number of benzene rings is 1. The van der Waals surface area contributed by atoms with E-state index in [4.69, 9.17) is 5.26 Å². The molecule has 0 fully saturated rings. The van der Waals surface area contributed by atoms with Gasteiger partial charge < -0.3 is 0 Å². The molecule has 0 unspecified atom stereocenters. The average Bonchev–Trinajstić information content (AvgIpc) is 2.64. The Hall–Kier alpha value is -2.08. The molecule has 2 aromatic rings. The van der Waals surface area contributed by atoms with E-state index in [9.17, 15) is 0 Å². The smallest absolute Gasteiger partial charge is 0.0998 e. The SMILES string of the molecule is Cn1nccc1-c1ccccc1C#N. The van der Waals surface area contributed by atoms with Gasteiger partial charge in [0.15, 0.2) is 0 Å². The summed E-state index contributed by atoms with van der Waals surface area (Å²) in [6.45, 7) is 0. The summed E-state index contributed by atoms with van der Waals surface area (Å²) in [6.07, 6.45) is 1.73. The molecule has 1 aromatic heterocycles. The lowest BCUT2D eigenvalue weighted by Gasteiger charge is -2.03. The van der Waals surface area contributed by atoms with E-state index in [1.165, 1.54) is 0 Å². The van der Waals surface area contributed by atoms with Gasteiger partial charge in [0.25, 0.3) is 0 Å². The standard InChI is InChI=1S/C11H9N3/c1-14-11(6-7-13-14)10-5-3-2-4-9(10)8-12/h2-7H,1H3. The van der Waals surface area contributed by atoms with Gasteiger partial charge >= 0.3 is 0 Å². The number of hydrogen-bond donors (Lipinski definition) is 0. The highest BCUT2D eigenvalue weighted by molar-refractivity contribution is 5.67. The van der Waals surface area contributed by atoms with Crippen molar-refractivity contribution < 1.29 is 0 Å². The fourth-order valence-corrected chi connectivity index (χ4v) is 1.44. The maximum absolute atomic E-state index is 8.93. The molecule has 68 valence electrons. The zero-order chi connectivity index (χ0) is 9.97. The van der Waals surface area contributed by atoms with E-state index in [1.54, 1.807) is 10.9 Å². The second-order valence-corrected chi connectivity index (χ2v) is 3.00. The van der Waals surface area contributed by atoms with Crippen LogP contribution in [0.1, 0.15) is 5.56 Å². The lowest BCUT2D eigenvalue weighted by atomic mass is 10.1. The molecule has 0 radical (unpaired) electrons. The molecule has 0 aliphatic carbocycles. The molecule has 3 nitrogen and oxygen atoms in total. The summed E-state index contributed by atoms with van der Waals surface area (Å²) in [5.41, 5.74) is 2.56. The molecule has 0 aliphatic heterocycles. The van der Waals surface area contributed by atoms with Crippen molar-refractivity contribution in [2.75, 3.05) is 0 Å². The molecule has 14 heavy (non-hydrogen) atoms. The van der Waals surface area contributed by atoms with E-state index >= 15 is 0 Å².